The van der Waals surface area contributed by atoms with Crippen LogP contribution in [0.5, 0.6) is 0 Å². The van der Waals surface area contributed by atoms with Crippen LogP contribution in [0, 0.1) is 23.7 Å². The molecule has 0 spiro atoms. The molecule has 12 rings (SSSR count). The van der Waals surface area contributed by atoms with Crippen LogP contribution in [0.1, 0.15) is 233 Å². The number of fused-ring (bicyclic) bond motifs is 4. The van der Waals surface area contributed by atoms with Gasteiger partial charge in [0.25, 0.3) is 22.2 Å². The molecule has 0 unspecified atom stereocenters. The van der Waals surface area contributed by atoms with Gasteiger partial charge in [-0.05, 0) is 227 Å². The molecule has 4 saturated heterocycles. The highest BCUT2D eigenvalue weighted by molar-refractivity contribution is 9.11. The van der Waals surface area contributed by atoms with Gasteiger partial charge < -0.3 is 0 Å². The number of rotatable bonds is 20. The van der Waals surface area contributed by atoms with Crippen molar-refractivity contribution >= 4 is 107 Å². The average Bonchev–Trinajstić information content (AvgIpc) is 0.792. The molecule has 0 radical (unpaired) electrons. The Morgan fingerprint density at radius 3 is 0.710 bits per heavy atom. The molecule has 8 aromatic rings. The van der Waals surface area contributed by atoms with E-state index in [1.807, 2.05) is 119 Å². The third-order valence-electron chi connectivity index (χ3n) is 21.0. The van der Waals surface area contributed by atoms with E-state index >= 15 is 0 Å². The number of aromatic nitrogens is 8. The third kappa shape index (κ3) is 19.2. The molecule has 8 heterocycles. The fourth-order valence-electron chi connectivity index (χ4n) is 16.1. The van der Waals surface area contributed by atoms with E-state index in [0.717, 1.165) is 167 Å². The van der Waals surface area contributed by atoms with Crippen molar-refractivity contribution in [3.63, 3.8) is 0 Å². The fourth-order valence-corrected chi connectivity index (χ4v) is 17.6. The van der Waals surface area contributed by atoms with Crippen LogP contribution >= 0.6 is 63.7 Å². The Bertz CT molecular complexity index is 3750. The lowest BCUT2D eigenvalue weighted by Gasteiger charge is -2.37. The Kier molecular flexibility index (Phi) is 30.0. The van der Waals surface area contributed by atoms with E-state index in [0.29, 0.717) is 71.4 Å². The van der Waals surface area contributed by atoms with Crippen molar-refractivity contribution < 1.29 is 0 Å². The molecule has 4 aliphatic heterocycles. The first-order valence-corrected chi connectivity index (χ1v) is 41.1. The SMILES string of the molecule is CCC[C@@H](c1nc2ccc(Br)cc2c(=O)n1CC)N1CCC[C@@H](C)C1.CCC[C@@H](c1nc2ccc(Br)cc2c(=O)n1CC)N1CCC[C@H](C)C1.CCC[C@H](c1nc2ccc(Br)cc2c(=O)n1CC)N1CCC[C@@H](C)C1.CCC[C@H](c1nc2ccc(Br)cc2c(=O)n1CC)N1CCC[C@H](C)C1. The molecule has 0 aliphatic carbocycles. The predicted octanol–water partition coefficient (Wildman–Crippen LogP) is 19.0. The second-order valence-corrected chi connectivity index (χ2v) is 32.6. The van der Waals surface area contributed by atoms with E-state index in [9.17, 15) is 19.2 Å². The lowest BCUT2D eigenvalue weighted by molar-refractivity contribution is 0.115. The van der Waals surface area contributed by atoms with Gasteiger partial charge in [0, 0.05) is 70.2 Å². The first kappa shape index (κ1) is 79.3. The van der Waals surface area contributed by atoms with Crippen molar-refractivity contribution in [1.82, 2.24) is 57.8 Å². The number of benzene rings is 4. The maximum atomic E-state index is 13.1. The molecular formula is C80H112Br4N12O4. The fraction of sp³-hybridized carbons (Fsp3) is 0.600. The minimum absolute atomic E-state index is 0.0787. The van der Waals surface area contributed by atoms with Gasteiger partial charge in [-0.25, -0.2) is 19.9 Å². The Morgan fingerprint density at radius 1 is 0.340 bits per heavy atom. The van der Waals surface area contributed by atoms with Gasteiger partial charge in [0.15, 0.2) is 0 Å². The predicted molar refractivity (Wildman–Crippen MR) is 428 cm³/mol. The number of hydrogen-bond donors (Lipinski definition) is 0. The molecule has 8 atom stereocenters. The first-order valence-electron chi connectivity index (χ1n) is 37.9. The van der Waals surface area contributed by atoms with Gasteiger partial charge in [-0.2, -0.15) is 0 Å². The molecule has 544 valence electrons. The van der Waals surface area contributed by atoms with Crippen molar-refractivity contribution in [2.24, 2.45) is 23.7 Å². The largest absolute Gasteiger partial charge is 0.295 e. The van der Waals surface area contributed by atoms with Crippen LogP contribution in [0.15, 0.2) is 110 Å². The molecule has 0 bridgehead atoms. The summed E-state index contributed by atoms with van der Waals surface area (Å²) in [6.45, 7) is 37.8. The van der Waals surface area contributed by atoms with Gasteiger partial charge in [0.2, 0.25) is 0 Å². The van der Waals surface area contributed by atoms with E-state index in [-0.39, 0.29) is 46.4 Å². The summed E-state index contributed by atoms with van der Waals surface area (Å²) in [5.41, 5.74) is 3.53. The molecule has 4 aliphatic rings. The smallest absolute Gasteiger partial charge is 0.261 e. The quantitative estimate of drug-likeness (QED) is 0.0714. The van der Waals surface area contributed by atoms with Gasteiger partial charge in [-0.15, -0.1) is 0 Å². The highest BCUT2D eigenvalue weighted by Crippen LogP contribution is 2.35. The summed E-state index contributed by atoms with van der Waals surface area (Å²) < 4.78 is 11.2. The van der Waals surface area contributed by atoms with E-state index in [1.165, 1.54) is 51.4 Å². The number of hydrogen-bond acceptors (Lipinski definition) is 12. The second kappa shape index (κ2) is 37.8. The van der Waals surface area contributed by atoms with Gasteiger partial charge in [-0.3, -0.25) is 57.0 Å². The Morgan fingerprint density at radius 2 is 0.540 bits per heavy atom. The first-order chi connectivity index (χ1) is 48.2. The topological polar surface area (TPSA) is 153 Å². The Balaban J connectivity index is 0.000000156. The van der Waals surface area contributed by atoms with Gasteiger partial charge in [0.1, 0.15) is 23.3 Å². The standard InChI is InChI=1S/4C20H28BrN3O/c4*1-4-7-18(23-11-6-8-14(3)13-23)19-22-17-10-9-15(21)12-16(17)20(25)24(19)5-2/h4*9-10,12,14,18H,4-8,11,13H2,1-3H3/t2*14-,18+;2*14-,18-/m1010/s1. The highest BCUT2D eigenvalue weighted by Gasteiger charge is 2.33. The minimum Gasteiger partial charge on any atom is -0.295 e. The number of piperidine rings is 4. The van der Waals surface area contributed by atoms with Crippen molar-refractivity contribution in [3.8, 4) is 0 Å². The molecule has 4 fully saturated rings. The molecule has 20 heteroatoms. The molecule has 100 heavy (non-hydrogen) atoms. The van der Waals surface area contributed by atoms with Crippen LogP contribution in [0.2, 0.25) is 0 Å². The molecule has 0 amide bonds. The van der Waals surface area contributed by atoms with Crippen molar-refractivity contribution in [3.05, 3.63) is 155 Å². The molecule has 4 aromatic carbocycles. The summed E-state index contributed by atoms with van der Waals surface area (Å²) in [6, 6.07) is 24.1. The second-order valence-electron chi connectivity index (χ2n) is 28.9. The van der Waals surface area contributed by atoms with Crippen molar-refractivity contribution in [2.45, 2.75) is 236 Å². The zero-order chi connectivity index (χ0) is 71.9. The maximum Gasteiger partial charge on any atom is 0.261 e. The molecule has 16 nitrogen and oxygen atoms in total. The summed E-state index contributed by atoms with van der Waals surface area (Å²) in [4.78, 5) is 82.4. The van der Waals surface area contributed by atoms with Crippen LogP contribution < -0.4 is 22.2 Å². The van der Waals surface area contributed by atoms with Crippen LogP contribution in [0.25, 0.3) is 43.6 Å². The number of nitrogens with zero attached hydrogens (tertiary/aromatic N) is 12. The monoisotopic (exact) mass is 1620 g/mol. The lowest BCUT2D eigenvalue weighted by atomic mass is 9.97. The van der Waals surface area contributed by atoms with Crippen molar-refractivity contribution in [2.75, 3.05) is 52.4 Å². The summed E-state index contributed by atoms with van der Waals surface area (Å²) in [7, 11) is 0. The normalized spacial score (nSPS) is 20.1. The van der Waals surface area contributed by atoms with Gasteiger partial charge >= 0.3 is 0 Å². The summed E-state index contributed by atoms with van der Waals surface area (Å²) in [6.07, 6.45) is 18.7. The number of likely N-dealkylation sites (tertiary alicyclic amines) is 4. The molecule has 0 saturated carbocycles. The average molecular weight is 1630 g/mol. The van der Waals surface area contributed by atoms with Gasteiger partial charge in [0.05, 0.1) is 67.8 Å². The maximum absolute atomic E-state index is 13.1. The lowest BCUT2D eigenvalue weighted by Crippen LogP contribution is -2.40. The number of halogens is 4. The summed E-state index contributed by atoms with van der Waals surface area (Å²) in [5.74, 6) is 6.63. The third-order valence-corrected chi connectivity index (χ3v) is 23.0. The van der Waals surface area contributed by atoms with E-state index in [2.05, 4.69) is 139 Å². The molecular weight excluding hydrogens is 1510 g/mol. The Labute approximate surface area is 628 Å². The highest BCUT2D eigenvalue weighted by atomic mass is 79.9. The van der Waals surface area contributed by atoms with Crippen LogP contribution in [-0.4, -0.2) is 110 Å². The zero-order valence-electron chi connectivity index (χ0n) is 61.9. The van der Waals surface area contributed by atoms with Crippen LogP contribution in [0.3, 0.4) is 0 Å². The van der Waals surface area contributed by atoms with E-state index in [1.54, 1.807) is 0 Å². The molecule has 4 aromatic heterocycles. The van der Waals surface area contributed by atoms with Gasteiger partial charge in [-0.1, -0.05) is 145 Å². The van der Waals surface area contributed by atoms with Crippen molar-refractivity contribution in [1.29, 1.82) is 0 Å². The Hall–Kier alpha value is -4.80. The molecule has 0 N–H and O–H groups in total. The van der Waals surface area contributed by atoms with Crippen LogP contribution in [-0.2, 0) is 26.2 Å². The van der Waals surface area contributed by atoms with Crippen LogP contribution in [0.4, 0.5) is 0 Å². The summed E-state index contributed by atoms with van der Waals surface area (Å²) >= 11 is 13.9. The zero-order valence-corrected chi connectivity index (χ0v) is 68.2. The minimum atomic E-state index is 0.0787. The summed E-state index contributed by atoms with van der Waals surface area (Å²) in [5, 5.41) is 2.79. The van der Waals surface area contributed by atoms with E-state index < -0.39 is 0 Å². The van der Waals surface area contributed by atoms with E-state index in [4.69, 9.17) is 19.9 Å².